The highest BCUT2D eigenvalue weighted by molar-refractivity contribution is 7.80. The lowest BCUT2D eigenvalue weighted by atomic mass is 10.1. The van der Waals surface area contributed by atoms with Crippen molar-refractivity contribution in [1.29, 1.82) is 0 Å². The van der Waals surface area contributed by atoms with E-state index >= 15 is 0 Å². The number of primary amides is 1. The van der Waals surface area contributed by atoms with Gasteiger partial charge < -0.3 is 16.4 Å². The van der Waals surface area contributed by atoms with E-state index in [2.05, 4.69) is 4.98 Å². The molecule has 96 valence electrons. The van der Waals surface area contributed by atoms with Crippen LogP contribution in [0, 0.1) is 6.92 Å². The summed E-state index contributed by atoms with van der Waals surface area (Å²) >= 11 is 5.07. The van der Waals surface area contributed by atoms with Crippen molar-refractivity contribution in [2.45, 2.75) is 25.8 Å². The van der Waals surface area contributed by atoms with E-state index in [9.17, 15) is 4.79 Å². The Morgan fingerprint density at radius 2 is 2.28 bits per heavy atom. The average Bonchev–Trinajstić information content (AvgIpc) is 2.76. The molecule has 1 unspecified atom stereocenters. The van der Waals surface area contributed by atoms with Crippen LogP contribution in [0.1, 0.15) is 24.0 Å². The molecule has 1 atom stereocenters. The monoisotopic (exact) mass is 264 g/mol. The van der Waals surface area contributed by atoms with Crippen LogP contribution in [-0.2, 0) is 4.79 Å². The Labute approximate surface area is 111 Å². The van der Waals surface area contributed by atoms with Gasteiger partial charge in [0.05, 0.1) is 5.56 Å². The van der Waals surface area contributed by atoms with E-state index in [4.69, 9.17) is 23.7 Å². The van der Waals surface area contributed by atoms with Gasteiger partial charge in [0.2, 0.25) is 5.91 Å². The molecule has 1 fully saturated rings. The number of amides is 1. The van der Waals surface area contributed by atoms with Crippen LogP contribution < -0.4 is 16.4 Å². The first-order valence-electron chi connectivity index (χ1n) is 5.83. The van der Waals surface area contributed by atoms with E-state index in [-0.39, 0.29) is 11.9 Å². The molecule has 0 aromatic carbocycles. The summed E-state index contributed by atoms with van der Waals surface area (Å²) in [6.07, 6.45) is 3.37. The van der Waals surface area contributed by atoms with Crippen LogP contribution >= 0.6 is 12.2 Å². The zero-order valence-electron chi connectivity index (χ0n) is 10.2. The SMILES string of the molecule is Cc1ccnc(N2CCCC2C(N)=O)c1C(N)=S. The second-order valence-electron chi connectivity index (χ2n) is 4.44. The Bertz CT molecular complexity index is 503. The van der Waals surface area contributed by atoms with Gasteiger partial charge >= 0.3 is 0 Å². The number of thiocarbonyl (C=S) groups is 1. The zero-order chi connectivity index (χ0) is 13.3. The molecule has 4 N–H and O–H groups in total. The van der Waals surface area contributed by atoms with Gasteiger partial charge in [-0.05, 0) is 31.4 Å². The Morgan fingerprint density at radius 1 is 1.56 bits per heavy atom. The Balaban J connectivity index is 2.48. The minimum Gasteiger partial charge on any atom is -0.389 e. The van der Waals surface area contributed by atoms with Crippen LogP contribution in [0.25, 0.3) is 0 Å². The molecule has 1 aliphatic heterocycles. The lowest BCUT2D eigenvalue weighted by molar-refractivity contribution is -0.119. The minimum absolute atomic E-state index is 0.297. The van der Waals surface area contributed by atoms with Crippen LogP contribution in [0.4, 0.5) is 5.82 Å². The van der Waals surface area contributed by atoms with Gasteiger partial charge in [0, 0.05) is 12.7 Å². The van der Waals surface area contributed by atoms with E-state index in [1.165, 1.54) is 0 Å². The van der Waals surface area contributed by atoms with Crippen molar-refractivity contribution >= 4 is 28.9 Å². The molecule has 1 saturated heterocycles. The second kappa shape index (κ2) is 4.89. The first-order valence-corrected chi connectivity index (χ1v) is 6.24. The third-order valence-corrected chi connectivity index (χ3v) is 3.44. The molecule has 0 bridgehead atoms. The van der Waals surface area contributed by atoms with Gasteiger partial charge in [-0.2, -0.15) is 0 Å². The van der Waals surface area contributed by atoms with E-state index in [1.807, 2.05) is 17.9 Å². The van der Waals surface area contributed by atoms with Crippen molar-refractivity contribution in [3.05, 3.63) is 23.4 Å². The summed E-state index contributed by atoms with van der Waals surface area (Å²) in [6, 6.07) is 1.54. The number of aryl methyl sites for hydroxylation is 1. The molecular weight excluding hydrogens is 248 g/mol. The number of aromatic nitrogens is 1. The van der Waals surface area contributed by atoms with Crippen LogP contribution in [-0.4, -0.2) is 28.5 Å². The number of nitrogens with zero attached hydrogens (tertiary/aromatic N) is 2. The lowest BCUT2D eigenvalue weighted by Gasteiger charge is -2.25. The van der Waals surface area contributed by atoms with Crippen molar-refractivity contribution < 1.29 is 4.79 Å². The van der Waals surface area contributed by atoms with Gasteiger partial charge in [-0.15, -0.1) is 0 Å². The Hall–Kier alpha value is -1.69. The Morgan fingerprint density at radius 3 is 2.89 bits per heavy atom. The topological polar surface area (TPSA) is 85.2 Å². The molecule has 6 heteroatoms. The maximum Gasteiger partial charge on any atom is 0.240 e. The van der Waals surface area contributed by atoms with Crippen molar-refractivity contribution in [1.82, 2.24) is 4.98 Å². The average molecular weight is 264 g/mol. The molecule has 1 aromatic heterocycles. The molecule has 1 aromatic rings. The number of hydrogen-bond donors (Lipinski definition) is 2. The fourth-order valence-electron chi connectivity index (χ4n) is 2.38. The molecule has 0 spiro atoms. The quantitative estimate of drug-likeness (QED) is 0.776. The summed E-state index contributed by atoms with van der Waals surface area (Å²) in [6.45, 7) is 2.68. The van der Waals surface area contributed by atoms with Crippen molar-refractivity contribution in [3.8, 4) is 0 Å². The number of carbonyl (C=O) groups excluding carboxylic acids is 1. The molecule has 0 radical (unpaired) electrons. The van der Waals surface area contributed by atoms with E-state index in [1.54, 1.807) is 6.20 Å². The van der Waals surface area contributed by atoms with Crippen LogP contribution in [0.2, 0.25) is 0 Å². The summed E-state index contributed by atoms with van der Waals surface area (Å²) in [7, 11) is 0. The molecule has 1 aliphatic rings. The number of rotatable bonds is 3. The minimum atomic E-state index is -0.329. The zero-order valence-corrected chi connectivity index (χ0v) is 11.0. The predicted molar refractivity (Wildman–Crippen MR) is 74.4 cm³/mol. The van der Waals surface area contributed by atoms with Crippen molar-refractivity contribution in [2.24, 2.45) is 11.5 Å². The van der Waals surface area contributed by atoms with Crippen molar-refractivity contribution in [3.63, 3.8) is 0 Å². The maximum atomic E-state index is 11.4. The molecule has 0 aliphatic carbocycles. The van der Waals surface area contributed by atoms with E-state index in [0.29, 0.717) is 10.8 Å². The Kier molecular flexibility index (Phi) is 3.47. The van der Waals surface area contributed by atoms with Gasteiger partial charge in [0.1, 0.15) is 16.8 Å². The highest BCUT2D eigenvalue weighted by Gasteiger charge is 2.32. The van der Waals surface area contributed by atoms with Gasteiger partial charge in [0.25, 0.3) is 0 Å². The van der Waals surface area contributed by atoms with Crippen LogP contribution in [0.3, 0.4) is 0 Å². The summed E-state index contributed by atoms with van der Waals surface area (Å²) in [5, 5.41) is 0. The van der Waals surface area contributed by atoms with E-state index < -0.39 is 0 Å². The second-order valence-corrected chi connectivity index (χ2v) is 4.88. The molecule has 18 heavy (non-hydrogen) atoms. The number of carbonyl (C=O) groups is 1. The summed E-state index contributed by atoms with van der Waals surface area (Å²) in [4.78, 5) is 18.0. The van der Waals surface area contributed by atoms with Gasteiger partial charge in [-0.3, -0.25) is 4.79 Å². The number of anilines is 1. The molecule has 1 amide bonds. The number of pyridine rings is 1. The fraction of sp³-hybridized carbons (Fsp3) is 0.417. The molecule has 2 rings (SSSR count). The smallest absolute Gasteiger partial charge is 0.240 e. The van der Waals surface area contributed by atoms with Crippen LogP contribution in [0.15, 0.2) is 12.3 Å². The highest BCUT2D eigenvalue weighted by atomic mass is 32.1. The predicted octanol–water partition coefficient (Wildman–Crippen LogP) is 0.478. The summed E-state index contributed by atoms with van der Waals surface area (Å²) in [5.41, 5.74) is 12.9. The third kappa shape index (κ3) is 2.15. The van der Waals surface area contributed by atoms with Gasteiger partial charge in [-0.1, -0.05) is 12.2 Å². The summed E-state index contributed by atoms with van der Waals surface area (Å²) in [5.74, 6) is 0.341. The lowest BCUT2D eigenvalue weighted by Crippen LogP contribution is -2.41. The van der Waals surface area contributed by atoms with Gasteiger partial charge in [0.15, 0.2) is 0 Å². The highest BCUT2D eigenvalue weighted by Crippen LogP contribution is 2.28. The molecular formula is C12H16N4OS. The molecule has 0 saturated carbocycles. The summed E-state index contributed by atoms with van der Waals surface area (Å²) < 4.78 is 0. The first kappa shape index (κ1) is 12.8. The standard InChI is InChI=1S/C12H16N4OS/c1-7-4-5-15-12(9(7)11(14)18)16-6-2-3-8(16)10(13)17/h4-5,8H,2-3,6H2,1H3,(H2,13,17)(H2,14,18). The largest absolute Gasteiger partial charge is 0.389 e. The fourth-order valence-corrected chi connectivity index (χ4v) is 2.63. The number of hydrogen-bond acceptors (Lipinski definition) is 4. The third-order valence-electron chi connectivity index (χ3n) is 3.24. The van der Waals surface area contributed by atoms with Crippen LogP contribution in [0.5, 0.6) is 0 Å². The molecule has 5 nitrogen and oxygen atoms in total. The maximum absolute atomic E-state index is 11.4. The van der Waals surface area contributed by atoms with Crippen molar-refractivity contribution in [2.75, 3.05) is 11.4 Å². The van der Waals surface area contributed by atoms with Gasteiger partial charge in [-0.25, -0.2) is 4.98 Å². The normalized spacial score (nSPS) is 18.9. The first-order chi connectivity index (χ1) is 8.52. The molecule has 2 heterocycles. The van der Waals surface area contributed by atoms with E-state index in [0.717, 1.165) is 30.5 Å². The number of nitrogens with two attached hydrogens (primary N) is 2.